The van der Waals surface area contributed by atoms with Gasteiger partial charge in [-0.15, -0.1) is 0 Å². The van der Waals surface area contributed by atoms with Crippen LogP contribution in [0.2, 0.25) is 0 Å². The minimum atomic E-state index is 0.473. The molecule has 0 aromatic rings. The van der Waals surface area contributed by atoms with E-state index in [4.69, 9.17) is 0 Å². The summed E-state index contributed by atoms with van der Waals surface area (Å²) in [6.45, 7) is 11.7. The Labute approximate surface area is 99.7 Å². The number of fused-ring (bicyclic) bond motifs is 2. The van der Waals surface area contributed by atoms with Crippen molar-refractivity contribution < 1.29 is 0 Å². The zero-order chi connectivity index (χ0) is 11.6. The van der Waals surface area contributed by atoms with Crippen molar-refractivity contribution in [1.82, 2.24) is 5.32 Å². The highest BCUT2D eigenvalue weighted by Gasteiger charge is 2.54. The largest absolute Gasteiger partial charge is 0.305 e. The fourth-order valence-electron chi connectivity index (χ4n) is 4.23. The molecule has 1 saturated heterocycles. The van der Waals surface area contributed by atoms with Crippen LogP contribution < -0.4 is 5.32 Å². The van der Waals surface area contributed by atoms with Gasteiger partial charge in [-0.25, -0.2) is 0 Å². The van der Waals surface area contributed by atoms with E-state index in [-0.39, 0.29) is 0 Å². The first-order valence-corrected chi connectivity index (χ1v) is 6.88. The summed E-state index contributed by atoms with van der Waals surface area (Å²) in [5.41, 5.74) is 2.58. The van der Waals surface area contributed by atoms with Crippen LogP contribution in [0.5, 0.6) is 0 Å². The van der Waals surface area contributed by atoms with Crippen molar-refractivity contribution in [2.75, 3.05) is 0 Å². The van der Waals surface area contributed by atoms with Crippen molar-refractivity contribution in [2.45, 2.75) is 64.5 Å². The van der Waals surface area contributed by atoms with Gasteiger partial charge in [0.1, 0.15) is 0 Å². The van der Waals surface area contributed by atoms with Gasteiger partial charge in [-0.05, 0) is 56.3 Å². The Kier molecular flexibility index (Phi) is 2.12. The van der Waals surface area contributed by atoms with E-state index in [1.165, 1.54) is 32.1 Å². The molecule has 16 heavy (non-hydrogen) atoms. The third-order valence-corrected chi connectivity index (χ3v) is 5.68. The maximum Gasteiger partial charge on any atom is 0.0310 e. The molecule has 2 unspecified atom stereocenters. The Morgan fingerprint density at radius 2 is 2.00 bits per heavy atom. The second-order valence-electron chi connectivity index (χ2n) is 7.26. The van der Waals surface area contributed by atoms with Gasteiger partial charge in [0.15, 0.2) is 0 Å². The van der Waals surface area contributed by atoms with E-state index >= 15 is 0 Å². The lowest BCUT2D eigenvalue weighted by atomic mass is 9.52. The van der Waals surface area contributed by atoms with Crippen LogP contribution in [0.15, 0.2) is 12.2 Å². The fourth-order valence-corrected chi connectivity index (χ4v) is 4.23. The smallest absolute Gasteiger partial charge is 0.0310 e. The van der Waals surface area contributed by atoms with Crippen molar-refractivity contribution in [2.24, 2.45) is 17.3 Å². The van der Waals surface area contributed by atoms with Gasteiger partial charge in [0.05, 0.1) is 0 Å². The van der Waals surface area contributed by atoms with Gasteiger partial charge < -0.3 is 5.32 Å². The van der Waals surface area contributed by atoms with Crippen LogP contribution >= 0.6 is 0 Å². The molecule has 1 N–H and O–H groups in total. The number of nitrogens with one attached hydrogen (secondary N) is 1. The van der Waals surface area contributed by atoms with Gasteiger partial charge in [0, 0.05) is 11.6 Å². The van der Waals surface area contributed by atoms with E-state index in [0.717, 1.165) is 17.9 Å². The van der Waals surface area contributed by atoms with E-state index in [1.54, 1.807) is 5.57 Å². The lowest BCUT2D eigenvalue weighted by Crippen LogP contribution is -2.44. The SMILES string of the molecule is C=C1CCC2NC2(C)CC[C@@H]2[C@@H]1CC2(C)C. The van der Waals surface area contributed by atoms with Gasteiger partial charge >= 0.3 is 0 Å². The molecule has 3 fully saturated rings. The third kappa shape index (κ3) is 1.48. The summed E-state index contributed by atoms with van der Waals surface area (Å²) in [5.74, 6) is 1.74. The quantitative estimate of drug-likeness (QED) is 0.489. The molecule has 0 bridgehead atoms. The van der Waals surface area contributed by atoms with Crippen molar-refractivity contribution in [1.29, 1.82) is 0 Å². The van der Waals surface area contributed by atoms with Crippen LogP contribution in [0, 0.1) is 17.3 Å². The summed E-state index contributed by atoms with van der Waals surface area (Å²) < 4.78 is 0. The zero-order valence-corrected chi connectivity index (χ0v) is 11.0. The van der Waals surface area contributed by atoms with Crippen LogP contribution in [-0.4, -0.2) is 11.6 Å². The normalized spacial score (nSPS) is 50.2. The molecule has 0 spiro atoms. The van der Waals surface area contributed by atoms with Gasteiger partial charge in [-0.3, -0.25) is 0 Å². The predicted molar refractivity (Wildman–Crippen MR) is 68.3 cm³/mol. The molecule has 1 heteroatoms. The monoisotopic (exact) mass is 219 g/mol. The Hall–Kier alpha value is -0.300. The fraction of sp³-hybridized carbons (Fsp3) is 0.867. The number of hydrogen-bond donors (Lipinski definition) is 1. The topological polar surface area (TPSA) is 21.9 Å². The molecule has 2 aliphatic carbocycles. The van der Waals surface area contributed by atoms with Crippen molar-refractivity contribution in [3.8, 4) is 0 Å². The second kappa shape index (κ2) is 3.13. The third-order valence-electron chi connectivity index (χ3n) is 5.68. The van der Waals surface area contributed by atoms with Gasteiger partial charge in [-0.2, -0.15) is 0 Å². The Bertz CT molecular complexity index is 330. The molecule has 4 atom stereocenters. The molecule has 0 amide bonds. The van der Waals surface area contributed by atoms with Crippen LogP contribution in [-0.2, 0) is 0 Å². The van der Waals surface area contributed by atoms with Crippen LogP contribution in [0.3, 0.4) is 0 Å². The summed E-state index contributed by atoms with van der Waals surface area (Å²) in [5, 5.41) is 3.68. The van der Waals surface area contributed by atoms with Crippen LogP contribution in [0.4, 0.5) is 0 Å². The summed E-state index contributed by atoms with van der Waals surface area (Å²) in [7, 11) is 0. The lowest BCUT2D eigenvalue weighted by molar-refractivity contribution is 0.000981. The maximum absolute atomic E-state index is 4.35. The first kappa shape index (κ1) is 10.8. The molecular formula is C15H25N. The van der Waals surface area contributed by atoms with Crippen molar-refractivity contribution >= 4 is 0 Å². The molecule has 3 aliphatic rings. The van der Waals surface area contributed by atoms with Gasteiger partial charge in [0.25, 0.3) is 0 Å². The molecule has 2 saturated carbocycles. The van der Waals surface area contributed by atoms with E-state index in [2.05, 4.69) is 32.7 Å². The molecule has 0 radical (unpaired) electrons. The molecule has 1 nitrogen and oxygen atoms in total. The minimum Gasteiger partial charge on any atom is -0.305 e. The summed E-state index contributed by atoms with van der Waals surface area (Å²) >= 11 is 0. The van der Waals surface area contributed by atoms with Crippen molar-refractivity contribution in [3.63, 3.8) is 0 Å². The summed E-state index contributed by atoms with van der Waals surface area (Å²) in [4.78, 5) is 0. The molecule has 0 aromatic carbocycles. The standard InChI is InChI=1S/C15H25N/c1-10-5-6-13-15(4,16-13)8-7-12-11(10)9-14(12,2)3/h11-13,16H,1,5-9H2,2-4H3/t11-,12-,13?,15?/m1/s1. The number of hydrogen-bond acceptors (Lipinski definition) is 1. The highest BCUT2D eigenvalue weighted by Crippen LogP contribution is 2.58. The predicted octanol–water partition coefficient (Wildman–Crippen LogP) is 3.51. The number of rotatable bonds is 0. The molecule has 0 aromatic heterocycles. The average Bonchev–Trinajstić information content (AvgIpc) is 2.82. The summed E-state index contributed by atoms with van der Waals surface area (Å²) in [6.07, 6.45) is 6.72. The molecular weight excluding hydrogens is 194 g/mol. The first-order valence-electron chi connectivity index (χ1n) is 6.88. The van der Waals surface area contributed by atoms with E-state index < -0.39 is 0 Å². The maximum atomic E-state index is 4.35. The molecule has 3 rings (SSSR count). The van der Waals surface area contributed by atoms with E-state index in [1.807, 2.05) is 0 Å². The first-order chi connectivity index (χ1) is 7.42. The van der Waals surface area contributed by atoms with Crippen LogP contribution in [0.25, 0.3) is 0 Å². The lowest BCUT2D eigenvalue weighted by Gasteiger charge is -2.53. The Morgan fingerprint density at radius 1 is 1.25 bits per heavy atom. The highest BCUT2D eigenvalue weighted by atomic mass is 15.2. The van der Waals surface area contributed by atoms with Gasteiger partial charge in [0.2, 0.25) is 0 Å². The van der Waals surface area contributed by atoms with Crippen LogP contribution in [0.1, 0.15) is 52.9 Å². The van der Waals surface area contributed by atoms with E-state index in [0.29, 0.717) is 11.0 Å². The zero-order valence-electron chi connectivity index (χ0n) is 11.0. The minimum absolute atomic E-state index is 0.473. The molecule has 1 aliphatic heterocycles. The van der Waals surface area contributed by atoms with Crippen molar-refractivity contribution in [3.05, 3.63) is 12.2 Å². The highest BCUT2D eigenvalue weighted by molar-refractivity contribution is 5.19. The Balaban J connectivity index is 1.78. The average molecular weight is 219 g/mol. The number of allylic oxidation sites excluding steroid dienone is 1. The molecule has 1 heterocycles. The molecule has 90 valence electrons. The second-order valence-corrected chi connectivity index (χ2v) is 7.26. The summed E-state index contributed by atoms with van der Waals surface area (Å²) in [6, 6.07) is 0.782. The Morgan fingerprint density at radius 3 is 2.69 bits per heavy atom. The van der Waals surface area contributed by atoms with E-state index in [9.17, 15) is 0 Å². The van der Waals surface area contributed by atoms with Gasteiger partial charge in [-0.1, -0.05) is 26.0 Å².